The van der Waals surface area contributed by atoms with Crippen molar-refractivity contribution in [3.05, 3.63) is 59.2 Å². The van der Waals surface area contributed by atoms with Gasteiger partial charge in [0.1, 0.15) is 17.1 Å². The molecule has 0 radical (unpaired) electrons. The van der Waals surface area contributed by atoms with Crippen LogP contribution in [0, 0.1) is 0 Å². The van der Waals surface area contributed by atoms with Gasteiger partial charge in [0.15, 0.2) is 5.96 Å². The first kappa shape index (κ1) is 25.1. The maximum atomic E-state index is 13.5. The van der Waals surface area contributed by atoms with Crippen molar-refractivity contribution >= 4 is 17.8 Å². The Morgan fingerprint density at radius 3 is 2.57 bits per heavy atom. The third-order valence-corrected chi connectivity index (χ3v) is 8.42. The molecule has 0 saturated carbocycles. The second-order valence-electron chi connectivity index (χ2n) is 10.5. The number of fused-ring (bicyclic) bond motifs is 2. The Bertz CT molecular complexity index is 1250. The molecule has 0 aliphatic carbocycles. The molecule has 8 heteroatoms. The molecule has 0 aromatic heterocycles. The van der Waals surface area contributed by atoms with Crippen LogP contribution in [-0.2, 0) is 4.79 Å². The molecule has 37 heavy (non-hydrogen) atoms. The quantitative estimate of drug-likeness (QED) is 0.596. The van der Waals surface area contributed by atoms with Gasteiger partial charge in [-0.15, -0.1) is 0 Å². The summed E-state index contributed by atoms with van der Waals surface area (Å²) in [6, 6.07) is 12.6. The summed E-state index contributed by atoms with van der Waals surface area (Å²) in [6.45, 7) is 8.60. The summed E-state index contributed by atoms with van der Waals surface area (Å²) in [5.41, 5.74) is 7.65. The second-order valence-corrected chi connectivity index (χ2v) is 10.5. The Labute approximate surface area is 218 Å². The lowest BCUT2D eigenvalue weighted by molar-refractivity contribution is -0.132. The number of ether oxygens (including phenoxy) is 2. The van der Waals surface area contributed by atoms with Crippen LogP contribution in [-0.4, -0.2) is 40.4 Å². The van der Waals surface area contributed by atoms with Crippen molar-refractivity contribution in [2.24, 2.45) is 10.7 Å². The fraction of sp³-hybridized carbons (Fsp3) is 0.483. The Kier molecular flexibility index (Phi) is 6.38. The minimum atomic E-state index is -0.546. The van der Waals surface area contributed by atoms with Crippen molar-refractivity contribution in [2.75, 3.05) is 6.61 Å². The summed E-state index contributed by atoms with van der Waals surface area (Å²) in [6.07, 6.45) is 3.14. The highest BCUT2D eigenvalue weighted by Crippen LogP contribution is 2.45. The third-order valence-electron chi connectivity index (χ3n) is 8.42. The molecule has 3 atom stereocenters. The van der Waals surface area contributed by atoms with E-state index in [-0.39, 0.29) is 29.9 Å². The van der Waals surface area contributed by atoms with Gasteiger partial charge in [0.2, 0.25) is 5.91 Å². The average Bonchev–Trinajstić information content (AvgIpc) is 3.19. The molecule has 2 aromatic rings. The van der Waals surface area contributed by atoms with E-state index in [9.17, 15) is 9.59 Å². The number of nitrogens with two attached hydrogens (primary N) is 1. The van der Waals surface area contributed by atoms with E-state index in [1.54, 1.807) is 17.0 Å². The van der Waals surface area contributed by atoms with Crippen molar-refractivity contribution in [2.45, 2.75) is 83.0 Å². The first-order chi connectivity index (χ1) is 17.7. The van der Waals surface area contributed by atoms with E-state index in [1.165, 1.54) is 0 Å². The van der Waals surface area contributed by atoms with Gasteiger partial charge >= 0.3 is 0 Å². The third kappa shape index (κ3) is 4.22. The molecule has 2 unspecified atom stereocenters. The Balaban J connectivity index is 1.45. The number of carbonyl (C=O) groups excluding carboxylic acids is 2. The summed E-state index contributed by atoms with van der Waals surface area (Å²) in [5.74, 6) is 1.45. The van der Waals surface area contributed by atoms with Crippen LogP contribution in [0.1, 0.15) is 93.4 Å². The number of carbonyl (C=O) groups is 2. The van der Waals surface area contributed by atoms with Crippen molar-refractivity contribution in [1.82, 2.24) is 10.2 Å². The zero-order valence-electron chi connectivity index (χ0n) is 22.0. The zero-order chi connectivity index (χ0) is 26.4. The molecular formula is C29H36N4O4. The minimum absolute atomic E-state index is 0.0395. The lowest BCUT2D eigenvalue weighted by Gasteiger charge is -2.41. The molecule has 8 nitrogen and oxygen atoms in total. The number of nitrogens with zero attached hydrogens (tertiary/aromatic N) is 2. The van der Waals surface area contributed by atoms with E-state index in [4.69, 9.17) is 20.2 Å². The van der Waals surface area contributed by atoms with Crippen molar-refractivity contribution in [3.8, 4) is 11.5 Å². The van der Waals surface area contributed by atoms with Gasteiger partial charge in [0.25, 0.3) is 5.91 Å². The smallest absolute Gasteiger partial charge is 0.251 e. The number of nitrogens with one attached hydrogen (secondary N) is 1. The van der Waals surface area contributed by atoms with Gasteiger partial charge < -0.3 is 20.5 Å². The van der Waals surface area contributed by atoms with Crippen molar-refractivity contribution in [1.29, 1.82) is 0 Å². The van der Waals surface area contributed by atoms with Crippen molar-refractivity contribution in [3.63, 3.8) is 0 Å². The van der Waals surface area contributed by atoms with E-state index in [1.807, 2.05) is 51.1 Å². The van der Waals surface area contributed by atoms with Crippen LogP contribution in [0.2, 0.25) is 0 Å². The molecule has 5 rings (SSSR count). The lowest BCUT2D eigenvalue weighted by Crippen LogP contribution is -2.53. The van der Waals surface area contributed by atoms with Crippen LogP contribution in [0.25, 0.3) is 0 Å². The summed E-state index contributed by atoms with van der Waals surface area (Å²) in [7, 11) is 0. The standard InChI is InChI=1S/C29H36N4O4/c1-5-28(4)25(19-10-8-9-11-23(19)37-28)31-26(35)18-12-13-22-20(16-18)21(14-15-36-22)33-24(34)17-29(6-2,7-3)32-27(33)30/h8-13,16,21,25H,5-7,14-15,17H2,1-4H3,(H2,30,32)(H,31,35)/t21-,25?,28?/m1/s1. The highest BCUT2D eigenvalue weighted by Gasteiger charge is 2.45. The van der Waals surface area contributed by atoms with Crippen LogP contribution >= 0.6 is 0 Å². The maximum absolute atomic E-state index is 13.5. The Morgan fingerprint density at radius 2 is 1.86 bits per heavy atom. The van der Waals surface area contributed by atoms with Crippen LogP contribution in [0.5, 0.6) is 11.5 Å². The molecule has 0 fully saturated rings. The topological polar surface area (TPSA) is 106 Å². The van der Waals surface area contributed by atoms with Gasteiger partial charge in [0.05, 0.1) is 30.7 Å². The summed E-state index contributed by atoms with van der Waals surface area (Å²) in [4.78, 5) is 33.3. The molecular weight excluding hydrogens is 468 g/mol. The monoisotopic (exact) mass is 504 g/mol. The normalized spacial score (nSPS) is 25.9. The van der Waals surface area contributed by atoms with Crippen LogP contribution in [0.15, 0.2) is 47.5 Å². The molecule has 0 spiro atoms. The van der Waals surface area contributed by atoms with Gasteiger partial charge in [-0.1, -0.05) is 39.0 Å². The van der Waals surface area contributed by atoms with Gasteiger partial charge in [-0.05, 0) is 50.5 Å². The molecule has 2 amide bonds. The van der Waals surface area contributed by atoms with Crippen LogP contribution in [0.3, 0.4) is 0 Å². The highest BCUT2D eigenvalue weighted by molar-refractivity contribution is 6.00. The molecule has 0 bridgehead atoms. The Hall–Kier alpha value is -3.55. The minimum Gasteiger partial charge on any atom is -0.493 e. The number of aliphatic imine (C=N–C) groups is 1. The fourth-order valence-corrected chi connectivity index (χ4v) is 5.78. The largest absolute Gasteiger partial charge is 0.493 e. The molecule has 3 aliphatic rings. The number of hydrogen-bond donors (Lipinski definition) is 2. The van der Waals surface area contributed by atoms with Crippen LogP contribution in [0.4, 0.5) is 0 Å². The predicted octanol–water partition coefficient (Wildman–Crippen LogP) is 4.65. The molecule has 0 saturated heterocycles. The van der Waals surface area contributed by atoms with Crippen LogP contribution < -0.4 is 20.5 Å². The molecule has 3 heterocycles. The fourth-order valence-electron chi connectivity index (χ4n) is 5.78. The molecule has 3 aliphatic heterocycles. The SMILES string of the molecule is CCC1(CC)CC(=O)N([C@@H]2CCOc3ccc(C(=O)NC4c5ccccc5OC4(C)CC)cc32)C(N)=N1. The van der Waals surface area contributed by atoms with E-state index in [2.05, 4.69) is 12.2 Å². The Morgan fingerprint density at radius 1 is 1.11 bits per heavy atom. The highest BCUT2D eigenvalue weighted by atomic mass is 16.5. The molecule has 3 N–H and O–H groups in total. The number of para-hydroxylation sites is 1. The molecule has 196 valence electrons. The number of guanidine groups is 1. The van der Waals surface area contributed by atoms with E-state index in [0.717, 1.165) is 36.1 Å². The number of rotatable bonds is 6. The summed E-state index contributed by atoms with van der Waals surface area (Å²) in [5, 5.41) is 3.20. The zero-order valence-corrected chi connectivity index (χ0v) is 22.0. The van der Waals surface area contributed by atoms with E-state index >= 15 is 0 Å². The van der Waals surface area contributed by atoms with Gasteiger partial charge in [-0.25, -0.2) is 4.99 Å². The second kappa shape index (κ2) is 9.39. The summed E-state index contributed by atoms with van der Waals surface area (Å²) >= 11 is 0. The predicted molar refractivity (Wildman–Crippen MR) is 142 cm³/mol. The number of benzene rings is 2. The van der Waals surface area contributed by atoms with Gasteiger partial charge in [-0.3, -0.25) is 14.5 Å². The summed E-state index contributed by atoms with van der Waals surface area (Å²) < 4.78 is 12.1. The average molecular weight is 505 g/mol. The van der Waals surface area contributed by atoms with Crippen molar-refractivity contribution < 1.29 is 19.1 Å². The van der Waals surface area contributed by atoms with E-state index in [0.29, 0.717) is 30.8 Å². The number of hydrogen-bond acceptors (Lipinski definition) is 6. The first-order valence-electron chi connectivity index (χ1n) is 13.3. The van der Waals surface area contributed by atoms with E-state index < -0.39 is 11.1 Å². The van der Waals surface area contributed by atoms with Gasteiger partial charge in [0, 0.05) is 23.1 Å². The maximum Gasteiger partial charge on any atom is 0.251 e. The molecule has 2 aromatic carbocycles. The first-order valence-corrected chi connectivity index (χ1v) is 13.3. The van der Waals surface area contributed by atoms with Gasteiger partial charge in [-0.2, -0.15) is 0 Å². The lowest BCUT2D eigenvalue weighted by atomic mass is 9.86. The number of amides is 2.